The van der Waals surface area contributed by atoms with Crippen LogP contribution in [-0.2, 0) is 11.2 Å². The Kier molecular flexibility index (Phi) is 7.67. The van der Waals surface area contributed by atoms with Crippen LogP contribution in [-0.4, -0.2) is 19.2 Å². The van der Waals surface area contributed by atoms with Crippen LogP contribution in [0.1, 0.15) is 79.3 Å². The quantitative estimate of drug-likeness (QED) is 0.306. The minimum atomic E-state index is -0.298. The third-order valence-electron chi connectivity index (χ3n) is 5.83. The molecular weight excluding hydrogens is 348 g/mol. The van der Waals surface area contributed by atoms with Crippen LogP contribution in [0.4, 0.5) is 0 Å². The molecule has 2 aromatic rings. The van der Waals surface area contributed by atoms with E-state index in [1.165, 1.54) is 30.4 Å². The fourth-order valence-corrected chi connectivity index (χ4v) is 3.99. The maximum atomic E-state index is 12.4. The zero-order chi connectivity index (χ0) is 19.8. The summed E-state index contributed by atoms with van der Waals surface area (Å²) in [4.78, 5) is 12.4. The van der Waals surface area contributed by atoms with Crippen molar-refractivity contribution in [3.05, 3.63) is 65.2 Å². The third kappa shape index (κ3) is 5.68. The normalized spacial score (nSPS) is 19.4. The summed E-state index contributed by atoms with van der Waals surface area (Å²) in [6, 6.07) is 15.8. The minimum Gasteiger partial charge on any atom is -0.423 e. The number of methoxy groups -OCH3 is 1. The summed E-state index contributed by atoms with van der Waals surface area (Å²) in [5.74, 6) is 0.872. The molecule has 0 N–H and O–H groups in total. The molecule has 0 heterocycles. The van der Waals surface area contributed by atoms with Crippen LogP contribution in [0.3, 0.4) is 0 Å². The van der Waals surface area contributed by atoms with E-state index in [1.54, 1.807) is 7.11 Å². The number of benzene rings is 2. The van der Waals surface area contributed by atoms with Gasteiger partial charge in [-0.1, -0.05) is 44.0 Å². The van der Waals surface area contributed by atoms with Crippen molar-refractivity contribution in [1.82, 2.24) is 0 Å². The fourth-order valence-electron chi connectivity index (χ4n) is 3.99. The molecule has 0 unspecified atom stereocenters. The average molecular weight is 381 g/mol. The second-order valence-electron chi connectivity index (χ2n) is 7.82. The first-order valence-corrected chi connectivity index (χ1v) is 10.6. The Labute approximate surface area is 169 Å². The van der Waals surface area contributed by atoms with Crippen LogP contribution in [0.2, 0.25) is 0 Å². The third-order valence-corrected chi connectivity index (χ3v) is 5.83. The van der Waals surface area contributed by atoms with E-state index in [-0.39, 0.29) is 5.97 Å². The monoisotopic (exact) mass is 380 g/mol. The lowest BCUT2D eigenvalue weighted by molar-refractivity contribution is 0.0659. The average Bonchev–Trinajstić information content (AvgIpc) is 2.75. The number of aryl methyl sites for hydroxylation is 1. The number of hydrogen-bond donors (Lipinski definition) is 0. The summed E-state index contributed by atoms with van der Waals surface area (Å²) < 4.78 is 11.0. The molecule has 0 saturated heterocycles. The van der Waals surface area contributed by atoms with Crippen LogP contribution in [0.15, 0.2) is 48.5 Å². The lowest BCUT2D eigenvalue weighted by Crippen LogP contribution is -2.19. The Hall–Kier alpha value is -2.13. The summed E-state index contributed by atoms with van der Waals surface area (Å²) in [6.07, 6.45) is 9.68. The first kappa shape index (κ1) is 20.6. The first-order valence-electron chi connectivity index (χ1n) is 10.6. The second-order valence-corrected chi connectivity index (χ2v) is 7.82. The summed E-state index contributed by atoms with van der Waals surface area (Å²) in [7, 11) is 1.80. The van der Waals surface area contributed by atoms with Gasteiger partial charge in [0.25, 0.3) is 0 Å². The van der Waals surface area contributed by atoms with Crippen molar-refractivity contribution in [1.29, 1.82) is 0 Å². The molecule has 0 aromatic heterocycles. The highest BCUT2D eigenvalue weighted by Crippen LogP contribution is 2.33. The van der Waals surface area contributed by atoms with Crippen LogP contribution in [0.5, 0.6) is 5.75 Å². The van der Waals surface area contributed by atoms with Gasteiger partial charge < -0.3 is 9.47 Å². The molecule has 3 rings (SSSR count). The van der Waals surface area contributed by atoms with Gasteiger partial charge in [0.05, 0.1) is 11.7 Å². The van der Waals surface area contributed by atoms with Crippen LogP contribution in [0, 0.1) is 0 Å². The van der Waals surface area contributed by atoms with Crippen molar-refractivity contribution in [3.8, 4) is 5.75 Å². The van der Waals surface area contributed by atoms with E-state index in [0.717, 1.165) is 32.1 Å². The van der Waals surface area contributed by atoms with Gasteiger partial charge in [-0.2, -0.15) is 0 Å². The largest absolute Gasteiger partial charge is 0.423 e. The number of ether oxygens (including phenoxy) is 2. The van der Waals surface area contributed by atoms with Gasteiger partial charge in [-0.25, -0.2) is 4.79 Å². The summed E-state index contributed by atoms with van der Waals surface area (Å²) in [6.45, 7) is 2.21. The van der Waals surface area contributed by atoms with Gasteiger partial charge in [0.2, 0.25) is 0 Å². The van der Waals surface area contributed by atoms with Gasteiger partial charge in [0.1, 0.15) is 5.75 Å². The predicted molar refractivity (Wildman–Crippen MR) is 113 cm³/mol. The molecule has 3 heteroatoms. The lowest BCUT2D eigenvalue weighted by Gasteiger charge is -2.27. The first-order chi connectivity index (χ1) is 13.7. The van der Waals surface area contributed by atoms with Crippen molar-refractivity contribution in [2.45, 2.75) is 70.3 Å². The zero-order valence-electron chi connectivity index (χ0n) is 17.2. The molecule has 0 atom stereocenters. The molecule has 0 amide bonds. The van der Waals surface area contributed by atoms with Gasteiger partial charge in [0.15, 0.2) is 0 Å². The number of carbonyl (C=O) groups is 1. The van der Waals surface area contributed by atoms with E-state index in [1.807, 2.05) is 24.3 Å². The molecule has 1 fully saturated rings. The Morgan fingerprint density at radius 3 is 2.21 bits per heavy atom. The van der Waals surface area contributed by atoms with Crippen molar-refractivity contribution in [2.24, 2.45) is 0 Å². The van der Waals surface area contributed by atoms with E-state index in [4.69, 9.17) is 9.47 Å². The highest BCUT2D eigenvalue weighted by molar-refractivity contribution is 5.91. The second kappa shape index (κ2) is 10.4. The van der Waals surface area contributed by atoms with Gasteiger partial charge in [-0.15, -0.1) is 0 Å². The van der Waals surface area contributed by atoms with Gasteiger partial charge in [-0.3, -0.25) is 0 Å². The summed E-state index contributed by atoms with van der Waals surface area (Å²) in [5.41, 5.74) is 3.20. The smallest absolute Gasteiger partial charge is 0.343 e. The van der Waals surface area contributed by atoms with Gasteiger partial charge in [0, 0.05) is 7.11 Å². The number of hydrogen-bond acceptors (Lipinski definition) is 3. The van der Waals surface area contributed by atoms with E-state index in [9.17, 15) is 4.79 Å². The van der Waals surface area contributed by atoms with E-state index < -0.39 is 0 Å². The Balaban J connectivity index is 1.53. The molecule has 150 valence electrons. The molecular formula is C25H32O3. The van der Waals surface area contributed by atoms with Crippen molar-refractivity contribution >= 4 is 5.97 Å². The van der Waals surface area contributed by atoms with Crippen LogP contribution in [0.25, 0.3) is 0 Å². The molecule has 0 radical (unpaired) electrons. The van der Waals surface area contributed by atoms with E-state index >= 15 is 0 Å². The maximum absolute atomic E-state index is 12.4. The van der Waals surface area contributed by atoms with Crippen molar-refractivity contribution in [2.75, 3.05) is 7.11 Å². The molecule has 1 saturated carbocycles. The molecule has 3 nitrogen and oxygen atoms in total. The van der Waals surface area contributed by atoms with Crippen molar-refractivity contribution < 1.29 is 14.3 Å². The number of unbranched alkanes of at least 4 members (excludes halogenated alkanes) is 2. The minimum absolute atomic E-state index is 0.298. The standard InChI is InChI=1S/C25H32O3/c1-3-4-5-6-19-7-15-24(16-8-19)28-25(26)22-11-9-20(10-12-22)21-13-17-23(27-2)18-14-21/h7-12,15-16,21,23H,3-6,13-14,17-18H2,1-2H3. The molecule has 2 aromatic carbocycles. The molecule has 1 aliphatic carbocycles. The SMILES string of the molecule is CCCCCc1ccc(OC(=O)c2ccc(C3CCC(OC)CC3)cc2)cc1. The molecule has 0 spiro atoms. The van der Waals surface area contributed by atoms with Crippen LogP contribution < -0.4 is 4.74 Å². The van der Waals surface area contributed by atoms with Crippen molar-refractivity contribution in [3.63, 3.8) is 0 Å². The summed E-state index contributed by atoms with van der Waals surface area (Å²) >= 11 is 0. The predicted octanol–water partition coefficient (Wildman–Crippen LogP) is 6.31. The highest BCUT2D eigenvalue weighted by atomic mass is 16.5. The van der Waals surface area contributed by atoms with E-state index in [0.29, 0.717) is 23.3 Å². The van der Waals surface area contributed by atoms with Gasteiger partial charge >= 0.3 is 5.97 Å². The highest BCUT2D eigenvalue weighted by Gasteiger charge is 2.22. The maximum Gasteiger partial charge on any atom is 0.343 e. The Morgan fingerprint density at radius 2 is 1.61 bits per heavy atom. The number of rotatable bonds is 8. The number of carbonyl (C=O) groups excluding carboxylic acids is 1. The summed E-state index contributed by atoms with van der Waals surface area (Å²) in [5, 5.41) is 0. The molecule has 0 aliphatic heterocycles. The molecule has 0 bridgehead atoms. The van der Waals surface area contributed by atoms with Gasteiger partial charge in [-0.05, 0) is 79.8 Å². The lowest BCUT2D eigenvalue weighted by atomic mass is 9.82. The fraction of sp³-hybridized carbons (Fsp3) is 0.480. The Morgan fingerprint density at radius 1 is 0.929 bits per heavy atom. The van der Waals surface area contributed by atoms with E-state index in [2.05, 4.69) is 31.2 Å². The molecule has 28 heavy (non-hydrogen) atoms. The topological polar surface area (TPSA) is 35.5 Å². The van der Waals surface area contributed by atoms with Crippen LogP contribution >= 0.6 is 0 Å². The number of esters is 1. The zero-order valence-corrected chi connectivity index (χ0v) is 17.2. The molecule has 1 aliphatic rings. The Bertz CT molecular complexity index is 725.